The molecule has 3 heteroatoms. The Balaban J connectivity index is 0.000000686. The highest BCUT2D eigenvalue weighted by Crippen LogP contribution is 2.14. The van der Waals surface area contributed by atoms with Crippen molar-refractivity contribution in [2.45, 2.75) is 47.0 Å². The maximum absolute atomic E-state index is 4.51. The Hall–Kier alpha value is -1.51. The van der Waals surface area contributed by atoms with Crippen LogP contribution in [0.4, 0.5) is 0 Å². The van der Waals surface area contributed by atoms with Crippen LogP contribution in [0, 0.1) is 0 Å². The van der Waals surface area contributed by atoms with Gasteiger partial charge in [0.05, 0.1) is 5.52 Å². The fourth-order valence-electron chi connectivity index (χ4n) is 1.46. The molecule has 0 bridgehead atoms. The third-order valence-electron chi connectivity index (χ3n) is 2.46. The molecule has 0 radical (unpaired) electrons. The maximum Gasteiger partial charge on any atom is 0.154 e. The van der Waals surface area contributed by atoms with Crippen molar-refractivity contribution >= 4 is 11.0 Å². The minimum absolute atomic E-state index is 0.326. The standard InChI is InChI=1S/C12H15N3.C2H6/c1-4-9-5-6-10-11(7-9)13-12(8(2)3)15-14-10;1-2/h5-8H,4H2,1-3H3;1-2H3. The van der Waals surface area contributed by atoms with E-state index in [1.54, 1.807) is 0 Å². The number of benzene rings is 1. The summed E-state index contributed by atoms with van der Waals surface area (Å²) >= 11 is 0. The Labute approximate surface area is 103 Å². The molecule has 1 aromatic carbocycles. The summed E-state index contributed by atoms with van der Waals surface area (Å²) in [6, 6.07) is 6.15. The van der Waals surface area contributed by atoms with Crippen molar-refractivity contribution in [2.75, 3.05) is 0 Å². The summed E-state index contributed by atoms with van der Waals surface area (Å²) in [6.45, 7) is 10.3. The number of aryl methyl sites for hydroxylation is 1. The van der Waals surface area contributed by atoms with Gasteiger partial charge in [0, 0.05) is 5.92 Å². The number of aromatic nitrogens is 3. The smallest absolute Gasteiger partial charge is 0.154 e. The van der Waals surface area contributed by atoms with E-state index in [4.69, 9.17) is 0 Å². The molecule has 0 saturated carbocycles. The predicted octanol–water partition coefficient (Wildman–Crippen LogP) is 3.74. The van der Waals surface area contributed by atoms with E-state index < -0.39 is 0 Å². The van der Waals surface area contributed by atoms with Crippen LogP contribution in [-0.2, 0) is 6.42 Å². The zero-order chi connectivity index (χ0) is 12.8. The normalized spacial score (nSPS) is 10.2. The van der Waals surface area contributed by atoms with Crippen molar-refractivity contribution in [1.29, 1.82) is 0 Å². The molecule has 0 atom stereocenters. The van der Waals surface area contributed by atoms with Crippen LogP contribution < -0.4 is 0 Å². The second kappa shape index (κ2) is 6.28. The molecule has 2 aromatic rings. The first-order valence-electron chi connectivity index (χ1n) is 6.34. The van der Waals surface area contributed by atoms with Crippen LogP contribution in [0.3, 0.4) is 0 Å². The zero-order valence-electron chi connectivity index (χ0n) is 11.4. The predicted molar refractivity (Wildman–Crippen MR) is 72.1 cm³/mol. The SMILES string of the molecule is CC.CCc1ccc2nnc(C(C)C)nc2c1. The van der Waals surface area contributed by atoms with Gasteiger partial charge in [-0.1, -0.05) is 40.7 Å². The molecule has 0 saturated heterocycles. The van der Waals surface area contributed by atoms with Crippen LogP contribution in [-0.4, -0.2) is 15.2 Å². The number of nitrogens with zero attached hydrogens (tertiary/aromatic N) is 3. The zero-order valence-corrected chi connectivity index (χ0v) is 11.4. The van der Waals surface area contributed by atoms with E-state index in [2.05, 4.69) is 48.1 Å². The van der Waals surface area contributed by atoms with Crippen molar-refractivity contribution < 1.29 is 0 Å². The van der Waals surface area contributed by atoms with Crippen molar-refractivity contribution in [3.63, 3.8) is 0 Å². The summed E-state index contributed by atoms with van der Waals surface area (Å²) in [7, 11) is 0. The highest BCUT2D eigenvalue weighted by atomic mass is 15.2. The van der Waals surface area contributed by atoms with Gasteiger partial charge in [-0.25, -0.2) is 4.98 Å². The molecule has 0 unspecified atom stereocenters. The third-order valence-corrected chi connectivity index (χ3v) is 2.46. The molecule has 0 aliphatic carbocycles. The molecule has 3 nitrogen and oxygen atoms in total. The second-order valence-electron chi connectivity index (χ2n) is 4.00. The van der Waals surface area contributed by atoms with E-state index in [0.717, 1.165) is 23.3 Å². The van der Waals surface area contributed by atoms with E-state index >= 15 is 0 Å². The van der Waals surface area contributed by atoms with Gasteiger partial charge in [-0.3, -0.25) is 0 Å². The Morgan fingerprint density at radius 1 is 1.06 bits per heavy atom. The molecular formula is C14H21N3. The number of hydrogen-bond donors (Lipinski definition) is 0. The molecule has 1 heterocycles. The molecule has 0 amide bonds. The quantitative estimate of drug-likeness (QED) is 0.790. The van der Waals surface area contributed by atoms with Crippen LogP contribution in [0.15, 0.2) is 18.2 Å². The molecule has 0 spiro atoms. The highest BCUT2D eigenvalue weighted by molar-refractivity contribution is 5.74. The average Bonchev–Trinajstić information content (AvgIpc) is 2.39. The second-order valence-corrected chi connectivity index (χ2v) is 4.00. The highest BCUT2D eigenvalue weighted by Gasteiger charge is 2.05. The minimum atomic E-state index is 0.326. The van der Waals surface area contributed by atoms with Gasteiger partial charge < -0.3 is 0 Å². The Kier molecular flexibility index (Phi) is 5.01. The first-order chi connectivity index (χ1) is 8.20. The average molecular weight is 231 g/mol. The monoisotopic (exact) mass is 231 g/mol. The molecule has 1 aromatic heterocycles. The van der Waals surface area contributed by atoms with Gasteiger partial charge in [-0.05, 0) is 24.1 Å². The Morgan fingerprint density at radius 3 is 2.35 bits per heavy atom. The van der Waals surface area contributed by atoms with Crippen molar-refractivity contribution in [2.24, 2.45) is 0 Å². The third kappa shape index (κ3) is 3.22. The summed E-state index contributed by atoms with van der Waals surface area (Å²) in [6.07, 6.45) is 1.02. The van der Waals surface area contributed by atoms with E-state index in [-0.39, 0.29) is 0 Å². The molecule has 0 fully saturated rings. The fourth-order valence-corrected chi connectivity index (χ4v) is 1.46. The van der Waals surface area contributed by atoms with Crippen LogP contribution >= 0.6 is 0 Å². The lowest BCUT2D eigenvalue weighted by Gasteiger charge is -2.04. The first kappa shape index (κ1) is 13.6. The van der Waals surface area contributed by atoms with Gasteiger partial charge in [0.15, 0.2) is 5.82 Å². The Morgan fingerprint density at radius 2 is 1.76 bits per heavy atom. The van der Waals surface area contributed by atoms with Gasteiger partial charge in [-0.15, -0.1) is 10.2 Å². The fraction of sp³-hybridized carbons (Fsp3) is 0.500. The largest absolute Gasteiger partial charge is 0.229 e. The first-order valence-corrected chi connectivity index (χ1v) is 6.34. The summed E-state index contributed by atoms with van der Waals surface area (Å²) in [5.41, 5.74) is 3.11. The number of hydrogen-bond acceptors (Lipinski definition) is 3. The van der Waals surface area contributed by atoms with Crippen molar-refractivity contribution in [1.82, 2.24) is 15.2 Å². The Bertz CT molecular complexity index is 478. The van der Waals surface area contributed by atoms with Gasteiger partial charge in [0.25, 0.3) is 0 Å². The van der Waals surface area contributed by atoms with Crippen LogP contribution in [0.25, 0.3) is 11.0 Å². The lowest BCUT2D eigenvalue weighted by atomic mass is 10.1. The van der Waals surface area contributed by atoms with E-state index in [0.29, 0.717) is 5.92 Å². The molecule has 2 rings (SSSR count). The lowest BCUT2D eigenvalue weighted by molar-refractivity contribution is 0.751. The van der Waals surface area contributed by atoms with Crippen LogP contribution in [0.1, 0.15) is 51.9 Å². The molecule has 0 aliphatic heterocycles. The van der Waals surface area contributed by atoms with E-state index in [1.807, 2.05) is 19.9 Å². The topological polar surface area (TPSA) is 38.7 Å². The lowest BCUT2D eigenvalue weighted by Crippen LogP contribution is -2.00. The van der Waals surface area contributed by atoms with Gasteiger partial charge in [0.2, 0.25) is 0 Å². The number of rotatable bonds is 2. The molecule has 0 aliphatic rings. The van der Waals surface area contributed by atoms with Crippen LogP contribution in [0.2, 0.25) is 0 Å². The van der Waals surface area contributed by atoms with Crippen molar-refractivity contribution in [3.8, 4) is 0 Å². The van der Waals surface area contributed by atoms with E-state index in [9.17, 15) is 0 Å². The summed E-state index contributed by atoms with van der Waals surface area (Å²) < 4.78 is 0. The molecular weight excluding hydrogens is 210 g/mol. The number of fused-ring (bicyclic) bond motifs is 1. The molecule has 17 heavy (non-hydrogen) atoms. The van der Waals surface area contributed by atoms with E-state index in [1.165, 1.54) is 5.56 Å². The van der Waals surface area contributed by atoms with Gasteiger partial charge in [-0.2, -0.15) is 0 Å². The summed E-state index contributed by atoms with van der Waals surface area (Å²) in [5, 5.41) is 8.27. The van der Waals surface area contributed by atoms with Gasteiger partial charge in [0.1, 0.15) is 5.52 Å². The molecule has 0 N–H and O–H groups in total. The van der Waals surface area contributed by atoms with Gasteiger partial charge >= 0.3 is 0 Å². The summed E-state index contributed by atoms with van der Waals surface area (Å²) in [4.78, 5) is 4.51. The van der Waals surface area contributed by atoms with Crippen LogP contribution in [0.5, 0.6) is 0 Å². The minimum Gasteiger partial charge on any atom is -0.229 e. The molecule has 92 valence electrons. The maximum atomic E-state index is 4.51. The summed E-state index contributed by atoms with van der Waals surface area (Å²) in [5.74, 6) is 1.14. The van der Waals surface area contributed by atoms with Crippen molar-refractivity contribution in [3.05, 3.63) is 29.6 Å².